The van der Waals surface area contributed by atoms with E-state index in [9.17, 15) is 14.4 Å². The fourth-order valence-electron chi connectivity index (χ4n) is 3.05. The Bertz CT molecular complexity index is 957. The van der Waals surface area contributed by atoms with Gasteiger partial charge in [-0.1, -0.05) is 30.3 Å². The van der Waals surface area contributed by atoms with Gasteiger partial charge in [0.2, 0.25) is 5.91 Å². The Kier molecular flexibility index (Phi) is 6.58. The van der Waals surface area contributed by atoms with Crippen LogP contribution in [-0.2, 0) is 20.9 Å². The second kappa shape index (κ2) is 9.32. The fraction of sp³-hybridized carbons (Fsp3) is 0.273. The molecule has 30 heavy (non-hydrogen) atoms. The van der Waals surface area contributed by atoms with E-state index in [1.165, 1.54) is 5.01 Å². The molecule has 0 bridgehead atoms. The van der Waals surface area contributed by atoms with Crippen molar-refractivity contribution in [2.24, 2.45) is 10.8 Å². The van der Waals surface area contributed by atoms with Crippen molar-refractivity contribution >= 4 is 29.1 Å². The maximum atomic E-state index is 12.6. The summed E-state index contributed by atoms with van der Waals surface area (Å²) in [6.07, 6.45) is -0.339. The highest BCUT2D eigenvalue weighted by Gasteiger charge is 2.27. The van der Waals surface area contributed by atoms with Gasteiger partial charge in [0.1, 0.15) is 6.04 Å². The summed E-state index contributed by atoms with van der Waals surface area (Å²) in [6.45, 7) is 3.76. The topological polar surface area (TPSA) is 114 Å². The first-order chi connectivity index (χ1) is 14.3. The number of nitrogens with one attached hydrogen (secondary N) is 1. The molecule has 0 aliphatic carbocycles. The molecule has 2 aromatic carbocycles. The third-order valence-corrected chi connectivity index (χ3v) is 4.71. The van der Waals surface area contributed by atoms with Gasteiger partial charge in [-0.25, -0.2) is 5.01 Å². The van der Waals surface area contributed by atoms with E-state index in [4.69, 9.17) is 10.5 Å². The molecule has 0 fully saturated rings. The number of benzene rings is 2. The first-order valence-corrected chi connectivity index (χ1v) is 9.58. The van der Waals surface area contributed by atoms with Gasteiger partial charge in [0.15, 0.2) is 0 Å². The second-order valence-corrected chi connectivity index (χ2v) is 7.12. The molecule has 2 atom stereocenters. The minimum atomic E-state index is -0.992. The number of ether oxygens (including phenoxy) is 1. The van der Waals surface area contributed by atoms with Crippen molar-refractivity contribution in [2.75, 3.05) is 5.01 Å². The molecule has 3 amide bonds. The number of hydrogen-bond donors (Lipinski definition) is 2. The summed E-state index contributed by atoms with van der Waals surface area (Å²) in [6, 6.07) is 14.9. The van der Waals surface area contributed by atoms with Gasteiger partial charge in [-0.15, -0.1) is 0 Å². The smallest absolute Gasteiger partial charge is 0.253 e. The van der Waals surface area contributed by atoms with Crippen molar-refractivity contribution in [3.8, 4) is 0 Å². The molecular formula is C22H24N4O4. The van der Waals surface area contributed by atoms with Crippen LogP contribution in [0.2, 0.25) is 0 Å². The third kappa shape index (κ3) is 5.09. The molecule has 8 nitrogen and oxygen atoms in total. The first kappa shape index (κ1) is 21.2. The van der Waals surface area contributed by atoms with E-state index in [0.29, 0.717) is 17.9 Å². The lowest BCUT2D eigenvalue weighted by Gasteiger charge is -2.23. The molecule has 0 saturated carbocycles. The number of hydrazone groups is 1. The molecule has 0 aromatic heterocycles. The quantitative estimate of drug-likeness (QED) is 0.695. The summed E-state index contributed by atoms with van der Waals surface area (Å²) in [5.74, 6) is -1.27. The Morgan fingerprint density at radius 2 is 1.83 bits per heavy atom. The highest BCUT2D eigenvalue weighted by molar-refractivity contribution is 6.12. The number of primary amides is 1. The van der Waals surface area contributed by atoms with Crippen molar-refractivity contribution in [1.82, 2.24) is 5.32 Å². The molecule has 3 N–H and O–H groups in total. The number of nitrogens with two attached hydrogens (primary N) is 1. The summed E-state index contributed by atoms with van der Waals surface area (Å²) >= 11 is 0. The Balaban J connectivity index is 1.63. The van der Waals surface area contributed by atoms with Crippen molar-refractivity contribution in [1.29, 1.82) is 0 Å². The van der Waals surface area contributed by atoms with Crippen LogP contribution in [0.15, 0.2) is 59.7 Å². The van der Waals surface area contributed by atoms with Crippen LogP contribution in [0, 0.1) is 0 Å². The molecule has 2 unspecified atom stereocenters. The summed E-state index contributed by atoms with van der Waals surface area (Å²) in [5, 5.41) is 8.11. The Morgan fingerprint density at radius 3 is 2.40 bits per heavy atom. The van der Waals surface area contributed by atoms with Crippen LogP contribution in [0.1, 0.15) is 36.2 Å². The summed E-state index contributed by atoms with van der Waals surface area (Å²) in [7, 11) is 0. The molecule has 156 valence electrons. The molecule has 0 spiro atoms. The number of carbonyl (C=O) groups is 3. The lowest BCUT2D eigenvalue weighted by Crippen LogP contribution is -2.51. The Labute approximate surface area is 174 Å². The molecule has 0 radical (unpaired) electrons. The minimum absolute atomic E-state index is 0.122. The van der Waals surface area contributed by atoms with E-state index in [2.05, 4.69) is 10.4 Å². The SMILES string of the molecule is CC1=NN(c2ccc(C(=O)NC(C(N)=O)C(C)OCc3ccccc3)cc2)C(=O)C1. The molecule has 3 rings (SSSR count). The van der Waals surface area contributed by atoms with Gasteiger partial charge in [0.05, 0.1) is 24.8 Å². The van der Waals surface area contributed by atoms with E-state index >= 15 is 0 Å². The molecule has 2 aromatic rings. The van der Waals surface area contributed by atoms with Gasteiger partial charge in [0.25, 0.3) is 11.8 Å². The predicted octanol–water partition coefficient (Wildman–Crippen LogP) is 1.99. The Morgan fingerprint density at radius 1 is 1.17 bits per heavy atom. The predicted molar refractivity (Wildman–Crippen MR) is 113 cm³/mol. The van der Waals surface area contributed by atoms with E-state index in [-0.39, 0.29) is 12.3 Å². The van der Waals surface area contributed by atoms with E-state index in [0.717, 1.165) is 11.3 Å². The number of rotatable bonds is 8. The lowest BCUT2D eigenvalue weighted by molar-refractivity contribution is -0.123. The average molecular weight is 408 g/mol. The maximum absolute atomic E-state index is 12.6. The lowest BCUT2D eigenvalue weighted by atomic mass is 10.1. The molecule has 0 saturated heterocycles. The van der Waals surface area contributed by atoms with Gasteiger partial charge in [-0.05, 0) is 43.7 Å². The van der Waals surface area contributed by atoms with Crippen LogP contribution in [0.4, 0.5) is 5.69 Å². The third-order valence-electron chi connectivity index (χ3n) is 4.71. The van der Waals surface area contributed by atoms with Crippen LogP contribution in [0.25, 0.3) is 0 Å². The van der Waals surface area contributed by atoms with Crippen LogP contribution >= 0.6 is 0 Å². The number of amides is 3. The van der Waals surface area contributed by atoms with Crippen LogP contribution in [0.5, 0.6) is 0 Å². The van der Waals surface area contributed by atoms with Crippen LogP contribution in [0.3, 0.4) is 0 Å². The van der Waals surface area contributed by atoms with Gasteiger partial charge in [-0.2, -0.15) is 5.10 Å². The van der Waals surface area contributed by atoms with Gasteiger partial charge >= 0.3 is 0 Å². The van der Waals surface area contributed by atoms with Crippen molar-refractivity contribution in [3.05, 3.63) is 65.7 Å². The van der Waals surface area contributed by atoms with Gasteiger partial charge in [0, 0.05) is 11.3 Å². The summed E-state index contributed by atoms with van der Waals surface area (Å²) < 4.78 is 5.72. The molecular weight excluding hydrogens is 384 g/mol. The minimum Gasteiger partial charge on any atom is -0.371 e. The second-order valence-electron chi connectivity index (χ2n) is 7.12. The van der Waals surface area contributed by atoms with Crippen LogP contribution < -0.4 is 16.1 Å². The largest absolute Gasteiger partial charge is 0.371 e. The average Bonchev–Trinajstić information content (AvgIpc) is 3.08. The monoisotopic (exact) mass is 408 g/mol. The molecule has 1 aliphatic rings. The normalized spacial score (nSPS) is 15.5. The van der Waals surface area contributed by atoms with Crippen molar-refractivity contribution in [2.45, 2.75) is 39.0 Å². The van der Waals surface area contributed by atoms with Crippen molar-refractivity contribution < 1.29 is 19.1 Å². The van der Waals surface area contributed by atoms with E-state index < -0.39 is 24.0 Å². The molecule has 1 heterocycles. The molecule has 1 aliphatic heterocycles. The van der Waals surface area contributed by atoms with Crippen molar-refractivity contribution in [3.63, 3.8) is 0 Å². The number of nitrogens with zero attached hydrogens (tertiary/aromatic N) is 2. The van der Waals surface area contributed by atoms with Gasteiger partial charge in [-0.3, -0.25) is 14.4 Å². The van der Waals surface area contributed by atoms with Gasteiger partial charge < -0.3 is 15.8 Å². The fourth-order valence-corrected chi connectivity index (χ4v) is 3.05. The summed E-state index contributed by atoms with van der Waals surface area (Å²) in [4.78, 5) is 36.4. The molecule has 8 heteroatoms. The summed E-state index contributed by atoms with van der Waals surface area (Å²) in [5.41, 5.74) is 8.05. The Hall–Kier alpha value is -3.52. The van der Waals surface area contributed by atoms with Crippen LogP contribution in [-0.4, -0.2) is 35.6 Å². The number of hydrogen-bond acceptors (Lipinski definition) is 5. The standard InChI is InChI=1S/C22H24N4O4/c1-14-12-19(27)26(25-14)18-10-8-17(9-11-18)22(29)24-20(21(23)28)15(2)30-13-16-6-4-3-5-7-16/h3-11,15,20H,12-13H2,1-2H3,(H2,23,28)(H,24,29). The zero-order chi connectivity index (χ0) is 21.7. The maximum Gasteiger partial charge on any atom is 0.253 e. The number of anilines is 1. The highest BCUT2D eigenvalue weighted by Crippen LogP contribution is 2.21. The first-order valence-electron chi connectivity index (χ1n) is 9.58. The van der Waals surface area contributed by atoms with E-state index in [1.807, 2.05) is 30.3 Å². The van der Waals surface area contributed by atoms with E-state index in [1.54, 1.807) is 38.1 Å². The zero-order valence-corrected chi connectivity index (χ0v) is 16.9. The zero-order valence-electron chi connectivity index (χ0n) is 16.9. The highest BCUT2D eigenvalue weighted by atomic mass is 16.5. The number of carbonyl (C=O) groups excluding carboxylic acids is 3.